The van der Waals surface area contributed by atoms with Gasteiger partial charge in [0.05, 0.1) is 41.7 Å². The second-order valence-electron chi connectivity index (χ2n) is 20.2. The topological polar surface area (TPSA) is 172 Å². The number of anilines is 3. The molecule has 0 unspecified atom stereocenters. The van der Waals surface area contributed by atoms with Crippen LogP contribution in [0.4, 0.5) is 21.8 Å². The number of nitrogens with zero attached hydrogens (tertiary/aromatic N) is 5. The maximum Gasteiger partial charge on any atom is 0.258 e. The Morgan fingerprint density at radius 2 is 1.72 bits per heavy atom. The second-order valence-corrected chi connectivity index (χ2v) is 21.4. The number of aromatic nitrogens is 3. The number of rotatable bonds is 18. The average molecular weight is 989 g/mol. The molecule has 0 spiro atoms. The van der Waals surface area contributed by atoms with Crippen LogP contribution < -0.4 is 35.5 Å². The molecule has 2 aliphatic heterocycles. The molecule has 372 valence electrons. The van der Waals surface area contributed by atoms with Crippen LogP contribution in [-0.2, 0) is 20.9 Å². The number of halogens is 2. The van der Waals surface area contributed by atoms with Crippen molar-refractivity contribution in [2.24, 2.45) is 17.3 Å². The largest absolute Gasteiger partial charge is 0.494 e. The van der Waals surface area contributed by atoms with Crippen LogP contribution in [0.25, 0.3) is 10.4 Å². The lowest BCUT2D eigenvalue weighted by Gasteiger charge is -2.36. The fourth-order valence-corrected chi connectivity index (χ4v) is 10.7. The normalized spacial score (nSPS) is 21.0. The van der Waals surface area contributed by atoms with Crippen LogP contribution in [0.1, 0.15) is 96.2 Å². The molecule has 3 amide bonds. The summed E-state index contributed by atoms with van der Waals surface area (Å²) in [4.78, 5) is 58.9. The summed E-state index contributed by atoms with van der Waals surface area (Å²) in [6.07, 6.45) is 9.53. The molecule has 4 aromatic rings. The highest BCUT2D eigenvalue weighted by molar-refractivity contribution is 7.13. The summed E-state index contributed by atoms with van der Waals surface area (Å²) >= 11 is 7.74. The molecule has 15 nitrogen and oxygen atoms in total. The number of carbonyl (C=O) groups is 3. The van der Waals surface area contributed by atoms with Crippen LogP contribution in [0.5, 0.6) is 17.2 Å². The van der Waals surface area contributed by atoms with E-state index in [4.69, 9.17) is 25.8 Å². The summed E-state index contributed by atoms with van der Waals surface area (Å²) in [6.45, 7) is 11.8. The van der Waals surface area contributed by atoms with Crippen molar-refractivity contribution in [1.82, 2.24) is 35.4 Å². The molecular formula is C51H67ClFN9O6S. The summed E-state index contributed by atoms with van der Waals surface area (Å²) < 4.78 is 33.5. The van der Waals surface area contributed by atoms with Gasteiger partial charge in [0.2, 0.25) is 17.8 Å². The van der Waals surface area contributed by atoms with Gasteiger partial charge in [-0.25, -0.2) is 14.4 Å². The molecule has 0 radical (unpaired) electrons. The Morgan fingerprint density at radius 3 is 2.41 bits per heavy atom. The second kappa shape index (κ2) is 21.8. The molecule has 4 N–H and O–H groups in total. The molecule has 69 heavy (non-hydrogen) atoms. The highest BCUT2D eigenvalue weighted by Gasteiger charge is 2.53. The third-order valence-corrected chi connectivity index (χ3v) is 15.3. The van der Waals surface area contributed by atoms with Gasteiger partial charge in [-0.15, -0.1) is 11.3 Å². The highest BCUT2D eigenvalue weighted by Crippen LogP contribution is 2.41. The van der Waals surface area contributed by atoms with Crippen molar-refractivity contribution in [1.29, 1.82) is 0 Å². The molecule has 4 fully saturated rings. The van der Waals surface area contributed by atoms with Crippen molar-refractivity contribution in [3.8, 4) is 27.7 Å². The van der Waals surface area contributed by atoms with E-state index in [0.717, 1.165) is 97.0 Å². The molecule has 2 atom stereocenters. The van der Waals surface area contributed by atoms with E-state index in [1.165, 1.54) is 0 Å². The standard InChI is InChI=1S/C51H67ClFN9O6S/c1-31-43(69-30-57-31)34-13-14-35(26-55-46(63)40-8-7-21-62(40)47(64)44(50(2,3)4)59-48(65)51(53)19-20-51)41(24-34)67-29-33-11-9-32(10-12-33)28-61-22-17-36(18-23-61)68-37-15-16-39(42(25-37)66-6)58-49-56-27-38(52)45(54-5)60-49/h13-16,24-25,27,30,32-33,36,40,44H,7-12,17-23,26,28-29H2,1-6H3,(H,55,63)(H,59,65)(H2,54,56,58,60)/t32?,33?,40-,44+/m0/s1. The first-order valence-corrected chi connectivity index (χ1v) is 25.6. The van der Waals surface area contributed by atoms with Crippen LogP contribution in [0.15, 0.2) is 48.1 Å². The van der Waals surface area contributed by atoms with E-state index in [1.54, 1.807) is 36.6 Å². The molecule has 2 aromatic carbocycles. The molecular weight excluding hydrogens is 921 g/mol. The van der Waals surface area contributed by atoms with Gasteiger partial charge in [-0.1, -0.05) is 44.5 Å². The molecule has 2 aliphatic carbocycles. The first kappa shape index (κ1) is 50.1. The van der Waals surface area contributed by atoms with Gasteiger partial charge < -0.3 is 45.3 Å². The monoisotopic (exact) mass is 987 g/mol. The van der Waals surface area contributed by atoms with E-state index in [9.17, 15) is 18.8 Å². The van der Waals surface area contributed by atoms with Crippen LogP contribution >= 0.6 is 22.9 Å². The number of thiazole rings is 1. The number of hydrogen-bond acceptors (Lipinski definition) is 13. The van der Waals surface area contributed by atoms with E-state index < -0.39 is 29.1 Å². The fourth-order valence-electron chi connectivity index (χ4n) is 9.70. The van der Waals surface area contributed by atoms with E-state index in [-0.39, 0.29) is 37.3 Å². The summed E-state index contributed by atoms with van der Waals surface area (Å²) in [5.41, 5.74) is 2.79. The number of hydrogen-bond donors (Lipinski definition) is 4. The van der Waals surface area contributed by atoms with Gasteiger partial charge in [-0.05, 0) is 112 Å². The van der Waals surface area contributed by atoms with E-state index in [2.05, 4.69) is 47.2 Å². The lowest BCUT2D eigenvalue weighted by molar-refractivity contribution is -0.144. The zero-order valence-electron chi connectivity index (χ0n) is 40.7. The number of methoxy groups -OCH3 is 1. The van der Waals surface area contributed by atoms with E-state index in [0.29, 0.717) is 60.4 Å². The lowest BCUT2D eigenvalue weighted by atomic mass is 9.82. The van der Waals surface area contributed by atoms with Gasteiger partial charge in [0.25, 0.3) is 5.91 Å². The van der Waals surface area contributed by atoms with Gasteiger partial charge in [0, 0.05) is 51.4 Å². The quantitative estimate of drug-likeness (QED) is 0.0749. The molecule has 4 heterocycles. The van der Waals surface area contributed by atoms with E-state index >= 15 is 0 Å². The fraction of sp³-hybridized carbons (Fsp3) is 0.569. The molecule has 2 aromatic heterocycles. The predicted molar refractivity (Wildman–Crippen MR) is 267 cm³/mol. The maximum absolute atomic E-state index is 14.7. The number of alkyl halides is 1. The van der Waals surface area contributed by atoms with Crippen molar-refractivity contribution in [2.75, 3.05) is 57.6 Å². The Labute approximate surface area is 414 Å². The maximum atomic E-state index is 14.7. The van der Waals surface area contributed by atoms with E-state index in [1.807, 2.05) is 63.5 Å². The molecule has 8 rings (SSSR count). The summed E-state index contributed by atoms with van der Waals surface area (Å²) in [5, 5.41) is 12.4. The number of amides is 3. The van der Waals surface area contributed by atoms with Crippen molar-refractivity contribution < 1.29 is 33.0 Å². The van der Waals surface area contributed by atoms with Crippen molar-refractivity contribution in [3.63, 3.8) is 0 Å². The summed E-state index contributed by atoms with van der Waals surface area (Å²) in [5.74, 6) is 2.73. The predicted octanol–water partition coefficient (Wildman–Crippen LogP) is 8.72. The van der Waals surface area contributed by atoms with Crippen LogP contribution in [0.3, 0.4) is 0 Å². The first-order valence-electron chi connectivity index (χ1n) is 24.4. The Kier molecular flexibility index (Phi) is 15.8. The average Bonchev–Trinajstić information content (AvgIpc) is 3.66. The highest BCUT2D eigenvalue weighted by atomic mass is 35.5. The van der Waals surface area contributed by atoms with Gasteiger partial charge in [-0.2, -0.15) is 4.98 Å². The van der Waals surface area contributed by atoms with Gasteiger partial charge >= 0.3 is 0 Å². The molecule has 4 aliphatic rings. The number of ether oxygens (including phenoxy) is 3. The van der Waals surface area contributed by atoms with Crippen molar-refractivity contribution in [3.05, 3.63) is 64.4 Å². The Bertz CT molecular complexity index is 2450. The number of benzene rings is 2. The van der Waals surface area contributed by atoms with Crippen molar-refractivity contribution in [2.45, 2.75) is 122 Å². The first-order chi connectivity index (χ1) is 33.1. The molecule has 2 saturated carbocycles. The summed E-state index contributed by atoms with van der Waals surface area (Å²) in [7, 11) is 3.38. The SMILES string of the molecule is CNc1nc(Nc2ccc(OC3CCN(CC4CCC(COc5cc(-c6scnc6C)ccc5CNC(=O)[C@@H]5CCCN5C(=O)[C@@H](NC(=O)C5(F)CC5)C(C)(C)C)CC4)CC3)cc2OC)ncc1Cl. The van der Waals surface area contributed by atoms with Crippen LogP contribution in [0, 0.1) is 24.2 Å². The van der Waals surface area contributed by atoms with Crippen LogP contribution in [-0.4, -0.2) is 113 Å². The number of carbonyl (C=O) groups excluding carboxylic acids is 3. The molecule has 2 saturated heterocycles. The minimum absolute atomic E-state index is 0.125. The number of likely N-dealkylation sites (tertiary alicyclic amines) is 2. The Hall–Kier alpha value is -5.26. The number of nitrogens with one attached hydrogen (secondary N) is 4. The lowest BCUT2D eigenvalue weighted by Crippen LogP contribution is -2.58. The van der Waals surface area contributed by atoms with Gasteiger partial charge in [0.1, 0.15) is 46.3 Å². The third kappa shape index (κ3) is 12.4. The van der Waals surface area contributed by atoms with Crippen LogP contribution in [0.2, 0.25) is 5.02 Å². The minimum Gasteiger partial charge on any atom is -0.494 e. The number of aryl methyl sites for hydroxylation is 1. The smallest absolute Gasteiger partial charge is 0.258 e. The number of piperidine rings is 1. The van der Waals surface area contributed by atoms with Gasteiger partial charge in [0.15, 0.2) is 5.67 Å². The zero-order valence-corrected chi connectivity index (χ0v) is 42.2. The van der Waals surface area contributed by atoms with Gasteiger partial charge in [-0.3, -0.25) is 14.4 Å². The van der Waals surface area contributed by atoms with Crippen molar-refractivity contribution >= 4 is 58.1 Å². The minimum atomic E-state index is -1.91. The zero-order chi connectivity index (χ0) is 48.9. The molecule has 0 bridgehead atoms. The molecule has 18 heteroatoms. The Morgan fingerprint density at radius 1 is 0.971 bits per heavy atom. The Balaban J connectivity index is 0.811. The summed E-state index contributed by atoms with van der Waals surface area (Å²) in [6, 6.07) is 10.2. The third-order valence-electron chi connectivity index (χ3n) is 14.0.